The second kappa shape index (κ2) is 6.59. The van der Waals surface area contributed by atoms with Crippen LogP contribution < -0.4 is 20.3 Å². The molecule has 2 heterocycles. The number of nitrogens with zero attached hydrogens (tertiary/aromatic N) is 2. The second-order valence-corrected chi connectivity index (χ2v) is 6.78. The Morgan fingerprint density at radius 2 is 1.85 bits per heavy atom. The lowest BCUT2D eigenvalue weighted by molar-refractivity contribution is 0.102. The molecule has 1 N–H and O–H groups in total. The molecule has 0 bridgehead atoms. The first-order valence-corrected chi connectivity index (χ1v) is 8.75. The number of anilines is 1. The van der Waals surface area contributed by atoms with Gasteiger partial charge in [-0.2, -0.15) is 5.10 Å². The van der Waals surface area contributed by atoms with Gasteiger partial charge < -0.3 is 14.8 Å². The van der Waals surface area contributed by atoms with Crippen LogP contribution in [0.15, 0.2) is 41.2 Å². The summed E-state index contributed by atoms with van der Waals surface area (Å²) < 4.78 is 11.9. The number of nitrogens with one attached hydrogen (secondary N) is 1. The molecule has 1 aromatic heterocycles. The van der Waals surface area contributed by atoms with Crippen molar-refractivity contribution in [2.24, 2.45) is 0 Å². The Labute approximate surface area is 159 Å². The van der Waals surface area contributed by atoms with Crippen molar-refractivity contribution in [1.82, 2.24) is 9.78 Å². The van der Waals surface area contributed by atoms with Gasteiger partial charge in [0.15, 0.2) is 17.2 Å². The van der Waals surface area contributed by atoms with E-state index in [-0.39, 0.29) is 24.1 Å². The number of fused-ring (bicyclic) bond motifs is 2. The molecular formula is C19H16ClN3O4. The Bertz CT molecular complexity index is 1120. The van der Waals surface area contributed by atoms with Crippen molar-refractivity contribution in [2.45, 2.75) is 19.9 Å². The third-order valence-corrected chi connectivity index (χ3v) is 4.56. The number of halogens is 1. The van der Waals surface area contributed by atoms with Gasteiger partial charge in [-0.3, -0.25) is 9.59 Å². The van der Waals surface area contributed by atoms with E-state index in [2.05, 4.69) is 10.4 Å². The zero-order chi connectivity index (χ0) is 19.1. The third kappa shape index (κ3) is 3.00. The maximum absolute atomic E-state index is 12.9. The third-order valence-electron chi connectivity index (χ3n) is 4.24. The average Bonchev–Trinajstić information content (AvgIpc) is 3.09. The monoisotopic (exact) mass is 385 g/mol. The fourth-order valence-corrected chi connectivity index (χ4v) is 3.12. The van der Waals surface area contributed by atoms with Crippen molar-refractivity contribution in [3.63, 3.8) is 0 Å². The normalized spacial score (nSPS) is 12.6. The largest absolute Gasteiger partial charge is 0.454 e. The SMILES string of the molecule is CC(C)n1nc(C(=O)Nc2cc3c(cc2Cl)OCO3)c2ccccc2c1=O. The van der Waals surface area contributed by atoms with Crippen LogP contribution in [0.1, 0.15) is 30.4 Å². The van der Waals surface area contributed by atoms with Crippen LogP contribution in [0, 0.1) is 0 Å². The molecule has 0 radical (unpaired) electrons. The lowest BCUT2D eigenvalue weighted by Crippen LogP contribution is -2.29. The Morgan fingerprint density at radius 1 is 1.19 bits per heavy atom. The molecule has 0 unspecified atom stereocenters. The zero-order valence-electron chi connectivity index (χ0n) is 14.7. The number of carbonyl (C=O) groups excluding carboxylic acids is 1. The van der Waals surface area contributed by atoms with Crippen molar-refractivity contribution < 1.29 is 14.3 Å². The molecule has 1 aliphatic heterocycles. The summed E-state index contributed by atoms with van der Waals surface area (Å²) in [5.41, 5.74) is 0.282. The standard InChI is InChI=1S/C19H16ClN3O4/c1-10(2)23-19(25)12-6-4-3-5-11(12)17(22-23)18(24)21-14-8-16-15(7-13(14)20)26-9-27-16/h3-8,10H,9H2,1-2H3,(H,21,24). The van der Waals surface area contributed by atoms with Gasteiger partial charge in [-0.1, -0.05) is 29.8 Å². The molecule has 4 rings (SSSR count). The molecule has 0 aliphatic carbocycles. The van der Waals surface area contributed by atoms with Gasteiger partial charge in [-0.25, -0.2) is 4.68 Å². The maximum Gasteiger partial charge on any atom is 0.276 e. The predicted molar refractivity (Wildman–Crippen MR) is 102 cm³/mol. The molecular weight excluding hydrogens is 370 g/mol. The molecule has 0 spiro atoms. The van der Waals surface area contributed by atoms with E-state index in [1.807, 2.05) is 13.8 Å². The number of hydrogen-bond donors (Lipinski definition) is 1. The molecule has 0 saturated carbocycles. The summed E-state index contributed by atoms with van der Waals surface area (Å²) >= 11 is 6.24. The number of hydrogen-bond acceptors (Lipinski definition) is 5. The van der Waals surface area contributed by atoms with Gasteiger partial charge in [0.1, 0.15) is 0 Å². The van der Waals surface area contributed by atoms with E-state index >= 15 is 0 Å². The molecule has 1 aliphatic rings. The Kier molecular flexibility index (Phi) is 4.24. The van der Waals surface area contributed by atoms with Gasteiger partial charge >= 0.3 is 0 Å². The average molecular weight is 386 g/mol. The molecule has 0 fully saturated rings. The lowest BCUT2D eigenvalue weighted by atomic mass is 10.1. The first kappa shape index (κ1) is 17.4. The maximum atomic E-state index is 12.9. The summed E-state index contributed by atoms with van der Waals surface area (Å²) in [7, 11) is 0. The van der Waals surface area contributed by atoms with Gasteiger partial charge in [-0.15, -0.1) is 0 Å². The van der Waals surface area contributed by atoms with Gasteiger partial charge in [0, 0.05) is 17.5 Å². The molecule has 7 nitrogen and oxygen atoms in total. The van der Waals surface area contributed by atoms with E-state index in [0.29, 0.717) is 33.0 Å². The highest BCUT2D eigenvalue weighted by Crippen LogP contribution is 2.39. The number of aromatic nitrogens is 2. The minimum atomic E-state index is -0.471. The van der Waals surface area contributed by atoms with Crippen LogP contribution in [0.5, 0.6) is 11.5 Å². The van der Waals surface area contributed by atoms with Crippen LogP contribution in [0.25, 0.3) is 10.8 Å². The van der Waals surface area contributed by atoms with Crippen LogP contribution >= 0.6 is 11.6 Å². The molecule has 2 aromatic carbocycles. The summed E-state index contributed by atoms with van der Waals surface area (Å²) in [4.78, 5) is 25.5. The van der Waals surface area contributed by atoms with Crippen molar-refractivity contribution >= 4 is 34.0 Å². The van der Waals surface area contributed by atoms with Crippen LogP contribution in [-0.4, -0.2) is 22.5 Å². The van der Waals surface area contributed by atoms with E-state index in [0.717, 1.165) is 0 Å². The Hall–Kier alpha value is -3.06. The van der Waals surface area contributed by atoms with Crippen LogP contribution in [-0.2, 0) is 0 Å². The second-order valence-electron chi connectivity index (χ2n) is 6.38. The van der Waals surface area contributed by atoms with Crippen LogP contribution in [0.4, 0.5) is 5.69 Å². The number of rotatable bonds is 3. The molecule has 27 heavy (non-hydrogen) atoms. The minimum Gasteiger partial charge on any atom is -0.454 e. The topological polar surface area (TPSA) is 82.5 Å². The van der Waals surface area contributed by atoms with E-state index < -0.39 is 5.91 Å². The Balaban J connectivity index is 1.80. The fourth-order valence-electron chi connectivity index (χ4n) is 2.92. The number of ether oxygens (including phenoxy) is 2. The van der Waals surface area contributed by atoms with E-state index in [1.165, 1.54) is 4.68 Å². The van der Waals surface area contributed by atoms with Crippen molar-refractivity contribution in [1.29, 1.82) is 0 Å². The molecule has 1 amide bonds. The minimum absolute atomic E-state index is 0.106. The summed E-state index contributed by atoms with van der Waals surface area (Å²) in [6.45, 7) is 3.77. The van der Waals surface area contributed by atoms with Gasteiger partial charge in [0.2, 0.25) is 6.79 Å². The predicted octanol–water partition coefficient (Wildman–Crippen LogP) is 3.61. The first-order valence-electron chi connectivity index (χ1n) is 8.37. The number of amides is 1. The smallest absolute Gasteiger partial charge is 0.276 e. The Morgan fingerprint density at radius 3 is 2.56 bits per heavy atom. The molecule has 0 atom stereocenters. The van der Waals surface area contributed by atoms with Gasteiger partial charge in [0.25, 0.3) is 11.5 Å². The highest BCUT2D eigenvalue weighted by molar-refractivity contribution is 6.34. The molecule has 8 heteroatoms. The summed E-state index contributed by atoms with van der Waals surface area (Å²) in [6.07, 6.45) is 0. The molecule has 3 aromatic rings. The van der Waals surface area contributed by atoms with Crippen LogP contribution in [0.3, 0.4) is 0 Å². The number of carbonyl (C=O) groups is 1. The lowest BCUT2D eigenvalue weighted by Gasteiger charge is -2.14. The highest BCUT2D eigenvalue weighted by Gasteiger charge is 2.21. The summed E-state index contributed by atoms with van der Waals surface area (Å²) in [6, 6.07) is 9.89. The highest BCUT2D eigenvalue weighted by atomic mass is 35.5. The van der Waals surface area contributed by atoms with Gasteiger partial charge in [0.05, 0.1) is 22.1 Å². The van der Waals surface area contributed by atoms with E-state index in [4.69, 9.17) is 21.1 Å². The van der Waals surface area contributed by atoms with Gasteiger partial charge in [-0.05, 0) is 19.9 Å². The summed E-state index contributed by atoms with van der Waals surface area (Å²) in [5, 5.41) is 8.27. The number of benzene rings is 2. The fraction of sp³-hybridized carbons (Fsp3) is 0.211. The zero-order valence-corrected chi connectivity index (χ0v) is 15.4. The van der Waals surface area contributed by atoms with Crippen molar-refractivity contribution in [2.75, 3.05) is 12.1 Å². The first-order chi connectivity index (χ1) is 13.0. The van der Waals surface area contributed by atoms with Crippen molar-refractivity contribution in [3.8, 4) is 11.5 Å². The summed E-state index contributed by atoms with van der Waals surface area (Å²) in [5.74, 6) is 0.552. The van der Waals surface area contributed by atoms with Crippen LogP contribution in [0.2, 0.25) is 5.02 Å². The molecule has 0 saturated heterocycles. The molecule has 138 valence electrons. The van der Waals surface area contributed by atoms with E-state index in [1.54, 1.807) is 36.4 Å². The quantitative estimate of drug-likeness (QED) is 0.744. The van der Waals surface area contributed by atoms with Crippen molar-refractivity contribution in [3.05, 3.63) is 57.5 Å². The van der Waals surface area contributed by atoms with E-state index in [9.17, 15) is 9.59 Å².